The Labute approximate surface area is 107 Å². The van der Waals surface area contributed by atoms with Gasteiger partial charge < -0.3 is 20.5 Å². The number of aliphatic hydroxyl groups excluding tert-OH is 2. The fourth-order valence-electron chi connectivity index (χ4n) is 2.71. The zero-order valence-electron chi connectivity index (χ0n) is 10.2. The van der Waals surface area contributed by atoms with Crippen LogP contribution in [0.15, 0.2) is 11.1 Å². The van der Waals surface area contributed by atoms with Crippen LogP contribution in [0.1, 0.15) is 18.9 Å². The first-order valence-electron chi connectivity index (χ1n) is 6.11. The first kappa shape index (κ1) is 12.1. The Morgan fingerprint density at radius 1 is 1.53 bits per heavy atom. The number of aromatic nitrogens is 4. The van der Waals surface area contributed by atoms with Gasteiger partial charge in [0.25, 0.3) is 5.56 Å². The van der Waals surface area contributed by atoms with Crippen molar-refractivity contribution in [3.63, 3.8) is 0 Å². The highest BCUT2D eigenvalue weighted by Crippen LogP contribution is 2.35. The van der Waals surface area contributed by atoms with Crippen LogP contribution in [0.25, 0.3) is 11.2 Å². The Morgan fingerprint density at radius 2 is 2.32 bits per heavy atom. The molecule has 1 saturated carbocycles. The number of nitrogens with one attached hydrogen (secondary N) is 1. The lowest BCUT2D eigenvalue weighted by molar-refractivity contribution is 0.0906. The van der Waals surface area contributed by atoms with Crippen LogP contribution in [-0.4, -0.2) is 42.4 Å². The molecule has 2 aromatic rings. The van der Waals surface area contributed by atoms with Crippen LogP contribution < -0.4 is 11.3 Å². The number of H-pyrrole nitrogens is 1. The van der Waals surface area contributed by atoms with E-state index in [0.717, 1.165) is 0 Å². The summed E-state index contributed by atoms with van der Waals surface area (Å²) in [7, 11) is 0. The number of anilines is 1. The summed E-state index contributed by atoms with van der Waals surface area (Å²) in [4.78, 5) is 22.2. The molecule has 0 bridgehead atoms. The Morgan fingerprint density at radius 3 is 3.00 bits per heavy atom. The van der Waals surface area contributed by atoms with Crippen LogP contribution in [0.3, 0.4) is 0 Å². The Kier molecular flexibility index (Phi) is 2.76. The summed E-state index contributed by atoms with van der Waals surface area (Å²) in [5, 5.41) is 19.0. The topological polar surface area (TPSA) is 130 Å². The van der Waals surface area contributed by atoms with Gasteiger partial charge in [-0.2, -0.15) is 4.98 Å². The van der Waals surface area contributed by atoms with Gasteiger partial charge in [0.15, 0.2) is 11.2 Å². The number of hydrogen-bond acceptors (Lipinski definition) is 6. The van der Waals surface area contributed by atoms with Crippen LogP contribution in [0.2, 0.25) is 0 Å². The van der Waals surface area contributed by atoms with Gasteiger partial charge in [-0.1, -0.05) is 0 Å². The third-order valence-electron chi connectivity index (χ3n) is 3.71. The van der Waals surface area contributed by atoms with Gasteiger partial charge in [-0.05, 0) is 12.8 Å². The highest BCUT2D eigenvalue weighted by molar-refractivity contribution is 5.70. The summed E-state index contributed by atoms with van der Waals surface area (Å²) in [6.07, 6.45) is 2.11. The molecule has 8 heteroatoms. The largest absolute Gasteiger partial charge is 0.396 e. The van der Waals surface area contributed by atoms with E-state index in [9.17, 15) is 15.0 Å². The highest BCUT2D eigenvalue weighted by Gasteiger charge is 2.34. The molecule has 1 aliphatic rings. The number of nitrogens with zero attached hydrogens (tertiary/aromatic N) is 3. The van der Waals surface area contributed by atoms with Crippen molar-refractivity contribution in [2.45, 2.75) is 25.0 Å². The standard InChI is InChI=1S/C11H15N5O3/c12-11-14-9-8(10(19)15-11)13-4-16(9)6-1-5(3-17)7(18)2-6/h4-7,17-18H,1-3H2,(H3,12,14,15,19)/t5?,6-,7-/m1/s1. The third kappa shape index (κ3) is 1.89. The maximum absolute atomic E-state index is 11.7. The van der Waals surface area contributed by atoms with Gasteiger partial charge in [0.2, 0.25) is 5.95 Å². The van der Waals surface area contributed by atoms with E-state index in [2.05, 4.69) is 15.0 Å². The normalized spacial score (nSPS) is 27.2. The molecule has 8 nitrogen and oxygen atoms in total. The smallest absolute Gasteiger partial charge is 0.280 e. The maximum atomic E-state index is 11.7. The molecule has 0 amide bonds. The number of hydrogen-bond donors (Lipinski definition) is 4. The lowest BCUT2D eigenvalue weighted by atomic mass is 10.1. The Balaban J connectivity index is 2.05. The first-order chi connectivity index (χ1) is 9.10. The minimum atomic E-state index is -0.549. The number of aliphatic hydroxyl groups is 2. The van der Waals surface area contributed by atoms with Gasteiger partial charge >= 0.3 is 0 Å². The summed E-state index contributed by atoms with van der Waals surface area (Å²) in [6, 6.07) is -0.0363. The predicted molar refractivity (Wildman–Crippen MR) is 67.4 cm³/mol. The van der Waals surface area contributed by atoms with Crippen LogP contribution >= 0.6 is 0 Å². The minimum Gasteiger partial charge on any atom is -0.396 e. The lowest BCUT2D eigenvalue weighted by Crippen LogP contribution is -2.16. The summed E-state index contributed by atoms with van der Waals surface area (Å²) >= 11 is 0. The van der Waals surface area contributed by atoms with Crippen molar-refractivity contribution in [1.29, 1.82) is 0 Å². The molecule has 5 N–H and O–H groups in total. The van der Waals surface area contributed by atoms with Crippen LogP contribution in [0, 0.1) is 5.92 Å². The van der Waals surface area contributed by atoms with E-state index in [1.54, 1.807) is 4.57 Å². The van der Waals surface area contributed by atoms with Crippen LogP contribution in [0.5, 0.6) is 0 Å². The quantitative estimate of drug-likeness (QED) is 0.551. The number of rotatable bonds is 2. The molecule has 0 saturated heterocycles. The SMILES string of the molecule is Nc1nc2c(ncn2[C@@H]2CC(CO)[C@H](O)C2)c(=O)[nH]1. The van der Waals surface area contributed by atoms with Gasteiger partial charge in [0.05, 0.1) is 12.4 Å². The van der Waals surface area contributed by atoms with E-state index < -0.39 is 6.10 Å². The molecule has 3 rings (SSSR count). The van der Waals surface area contributed by atoms with Crippen molar-refractivity contribution >= 4 is 17.1 Å². The molecule has 3 atom stereocenters. The Bertz CT molecular complexity index is 664. The molecule has 1 unspecified atom stereocenters. The zero-order valence-corrected chi connectivity index (χ0v) is 10.2. The van der Waals surface area contributed by atoms with Crippen molar-refractivity contribution in [2.75, 3.05) is 12.3 Å². The summed E-state index contributed by atoms with van der Waals surface area (Å²) < 4.78 is 1.75. The second-order valence-corrected chi connectivity index (χ2v) is 4.91. The lowest BCUT2D eigenvalue weighted by Gasteiger charge is -2.11. The molecular formula is C11H15N5O3. The molecule has 0 aliphatic heterocycles. The van der Waals surface area contributed by atoms with E-state index >= 15 is 0 Å². The van der Waals surface area contributed by atoms with E-state index in [0.29, 0.717) is 18.5 Å². The predicted octanol–water partition coefficient (Wildman–Crippen LogP) is -0.994. The van der Waals surface area contributed by atoms with Gasteiger partial charge in [-0.3, -0.25) is 9.78 Å². The molecule has 0 spiro atoms. The van der Waals surface area contributed by atoms with Crippen LogP contribution in [-0.2, 0) is 0 Å². The average molecular weight is 265 g/mol. The third-order valence-corrected chi connectivity index (χ3v) is 3.71. The van der Waals surface area contributed by atoms with Crippen molar-refractivity contribution < 1.29 is 10.2 Å². The number of fused-ring (bicyclic) bond motifs is 1. The van der Waals surface area contributed by atoms with E-state index in [1.165, 1.54) is 6.33 Å². The van der Waals surface area contributed by atoms with Crippen molar-refractivity contribution in [3.05, 3.63) is 16.7 Å². The summed E-state index contributed by atoms with van der Waals surface area (Å²) in [5.74, 6) is -0.113. The second-order valence-electron chi connectivity index (χ2n) is 4.91. The molecule has 1 aliphatic carbocycles. The molecule has 1 fully saturated rings. The molecule has 2 heterocycles. The highest BCUT2D eigenvalue weighted by atomic mass is 16.3. The molecular weight excluding hydrogens is 250 g/mol. The molecule has 0 radical (unpaired) electrons. The molecule has 19 heavy (non-hydrogen) atoms. The monoisotopic (exact) mass is 265 g/mol. The molecule has 0 aromatic carbocycles. The number of aromatic amines is 1. The fraction of sp³-hybridized carbons (Fsp3) is 0.545. The zero-order chi connectivity index (χ0) is 13.6. The van der Waals surface area contributed by atoms with Crippen LogP contribution in [0.4, 0.5) is 5.95 Å². The number of imidazole rings is 1. The van der Waals surface area contributed by atoms with Gasteiger partial charge in [-0.15, -0.1) is 0 Å². The maximum Gasteiger partial charge on any atom is 0.280 e. The summed E-state index contributed by atoms with van der Waals surface area (Å²) in [5.41, 5.74) is 5.81. The minimum absolute atomic E-state index is 0.0363. The van der Waals surface area contributed by atoms with Crippen molar-refractivity contribution in [3.8, 4) is 0 Å². The second kappa shape index (κ2) is 4.32. The van der Waals surface area contributed by atoms with Crippen molar-refractivity contribution in [1.82, 2.24) is 19.5 Å². The fourth-order valence-corrected chi connectivity index (χ4v) is 2.71. The van der Waals surface area contributed by atoms with E-state index in [-0.39, 0.29) is 35.6 Å². The molecule has 2 aromatic heterocycles. The Hall–Kier alpha value is -1.93. The molecule has 102 valence electrons. The summed E-state index contributed by atoms with van der Waals surface area (Å²) in [6.45, 7) is -0.0551. The number of nitrogen functional groups attached to an aromatic ring is 1. The number of nitrogens with two attached hydrogens (primary N) is 1. The van der Waals surface area contributed by atoms with E-state index in [1.807, 2.05) is 0 Å². The van der Waals surface area contributed by atoms with E-state index in [4.69, 9.17) is 5.73 Å². The van der Waals surface area contributed by atoms with Gasteiger partial charge in [0.1, 0.15) is 0 Å². The first-order valence-corrected chi connectivity index (χ1v) is 6.11. The average Bonchev–Trinajstić information content (AvgIpc) is 2.92. The van der Waals surface area contributed by atoms with Crippen molar-refractivity contribution in [2.24, 2.45) is 5.92 Å². The van der Waals surface area contributed by atoms with Gasteiger partial charge in [-0.25, -0.2) is 4.98 Å². The van der Waals surface area contributed by atoms with Gasteiger partial charge in [0, 0.05) is 18.6 Å².